The summed E-state index contributed by atoms with van der Waals surface area (Å²) in [5, 5.41) is 12.1. The van der Waals surface area contributed by atoms with Gasteiger partial charge in [-0.25, -0.2) is 19.9 Å². The molecule has 0 bridgehead atoms. The summed E-state index contributed by atoms with van der Waals surface area (Å²) < 4.78 is 80.1. The zero-order valence-electron chi connectivity index (χ0n) is 33.9. The molecule has 0 saturated heterocycles. The second-order valence-corrected chi connectivity index (χ2v) is 14.6. The van der Waals surface area contributed by atoms with Crippen LogP contribution in [0.15, 0.2) is 134 Å². The third kappa shape index (κ3) is 11.8. The highest BCUT2D eigenvalue weighted by Crippen LogP contribution is 2.31. The van der Waals surface area contributed by atoms with Gasteiger partial charge in [0.2, 0.25) is 0 Å². The van der Waals surface area contributed by atoms with E-state index in [2.05, 4.69) is 72.4 Å². The van der Waals surface area contributed by atoms with E-state index >= 15 is 0 Å². The van der Waals surface area contributed by atoms with Gasteiger partial charge in [-0.3, -0.25) is 19.7 Å². The second kappa shape index (κ2) is 19.3. The first-order valence-electron chi connectivity index (χ1n) is 19.8. The Morgan fingerprint density at radius 2 is 1.17 bits per heavy atom. The van der Waals surface area contributed by atoms with E-state index in [-0.39, 0.29) is 11.3 Å². The molecular weight excluding hydrogens is 855 g/mol. The number of hydrogen-bond acceptors (Lipinski definition) is 13. The number of aldehydes is 1. The average Bonchev–Trinajstić information content (AvgIpc) is 3.94. The van der Waals surface area contributed by atoms with Gasteiger partial charge in [-0.1, -0.05) is 60.7 Å². The van der Waals surface area contributed by atoms with E-state index in [0.29, 0.717) is 31.7 Å². The molecule has 2 aliphatic heterocycles. The Hall–Kier alpha value is -7.77. The van der Waals surface area contributed by atoms with Crippen molar-refractivity contribution in [2.45, 2.75) is 45.4 Å². The van der Waals surface area contributed by atoms with Crippen molar-refractivity contribution >= 4 is 51.1 Å². The second-order valence-electron chi connectivity index (χ2n) is 14.6. The lowest BCUT2D eigenvalue weighted by molar-refractivity contribution is -0.275. The highest BCUT2D eigenvalue weighted by Gasteiger charge is 2.32. The maximum Gasteiger partial charge on any atom is 0.573 e. The molecule has 4 aromatic heterocycles. The number of carbonyl (C=O) groups is 1. The lowest BCUT2D eigenvalue weighted by Crippen LogP contribution is -2.18. The summed E-state index contributed by atoms with van der Waals surface area (Å²) in [6.07, 6.45) is -2.28. The smallest absolute Gasteiger partial charge is 0.406 e. The monoisotopic (exact) mass is 890 g/mol. The first-order chi connectivity index (χ1) is 31.3. The number of rotatable bonds is 9. The predicted octanol–water partition coefficient (Wildman–Crippen LogP) is 9.95. The fraction of sp³-hybridized carbons (Fsp3) is 0.152. The van der Waals surface area contributed by atoms with Crippen LogP contribution in [0.5, 0.6) is 11.5 Å². The van der Waals surface area contributed by atoms with Crippen molar-refractivity contribution in [3.8, 4) is 11.5 Å². The fourth-order valence-electron chi connectivity index (χ4n) is 7.10. The van der Waals surface area contributed by atoms with Gasteiger partial charge in [-0.2, -0.15) is 0 Å². The number of alkyl halides is 6. The number of pyridine rings is 2. The summed E-state index contributed by atoms with van der Waals surface area (Å²) >= 11 is 0. The molecule has 0 fully saturated rings. The largest absolute Gasteiger partial charge is 0.573 e. The molecule has 0 amide bonds. The van der Waals surface area contributed by atoms with Crippen molar-refractivity contribution < 1.29 is 40.6 Å². The number of halogens is 6. The molecule has 330 valence electrons. The Labute approximate surface area is 366 Å². The number of anilines is 4. The minimum atomic E-state index is -4.72. The zero-order chi connectivity index (χ0) is 45.4. The summed E-state index contributed by atoms with van der Waals surface area (Å²) in [6, 6.07) is 30.9. The van der Waals surface area contributed by atoms with E-state index in [1.165, 1.54) is 30.6 Å². The molecule has 0 radical (unpaired) electrons. The fourth-order valence-corrected chi connectivity index (χ4v) is 7.10. The number of aromatic nitrogens is 6. The quantitative estimate of drug-likeness (QED) is 0.0932. The van der Waals surface area contributed by atoms with E-state index in [4.69, 9.17) is 0 Å². The molecule has 0 spiro atoms. The van der Waals surface area contributed by atoms with Crippen molar-refractivity contribution in [3.05, 3.63) is 168 Å². The van der Waals surface area contributed by atoms with Crippen LogP contribution in [0.1, 0.15) is 38.4 Å². The Balaban J connectivity index is 0.000000148. The van der Waals surface area contributed by atoms with Crippen LogP contribution >= 0.6 is 0 Å². The summed E-state index contributed by atoms with van der Waals surface area (Å²) in [5.41, 5.74) is 8.58. The van der Waals surface area contributed by atoms with E-state index < -0.39 is 18.5 Å². The molecule has 65 heavy (non-hydrogen) atoms. The van der Waals surface area contributed by atoms with Crippen molar-refractivity contribution in [1.29, 1.82) is 0 Å². The number of carbonyl (C=O) groups excluding carboxylic acids is 1. The Kier molecular flexibility index (Phi) is 13.0. The third-order valence-electron chi connectivity index (χ3n) is 9.89. The lowest BCUT2D eigenvalue weighted by Gasteiger charge is -2.16. The van der Waals surface area contributed by atoms with Gasteiger partial charge in [0, 0.05) is 60.2 Å². The number of ether oxygens (including phenoxy) is 2. The third-order valence-corrected chi connectivity index (χ3v) is 9.89. The molecule has 0 unspecified atom stereocenters. The molecule has 0 aliphatic carbocycles. The molecule has 10 rings (SSSR count). The molecule has 8 aromatic rings. The highest BCUT2D eigenvalue weighted by molar-refractivity contribution is 5.83. The highest BCUT2D eigenvalue weighted by atomic mass is 19.4. The molecule has 6 heterocycles. The standard InChI is InChI=1S/C23H18F3N5O.C15H13N5.C8H5F3O2/c24-23(25,26)32-18-6-3-4-15(8-18)11-31-12-19-21(13-31)28-14-29-22(19)30-17-9-16-5-1-2-7-20(16)27-10-17;1-2-4-13-10(3-1)5-11(6-17-13)20-15-12-7-16-8-14(12)18-9-19-15;9-8(10,11)13-7-3-1-2-6(4-7)5-12/h1-10,14H,11-13H2,(H,28,29,30);1-6,9,16H,7-8H2,(H,18,19,20);1-5H. The molecule has 0 saturated carbocycles. The topological polar surface area (TPSA) is 152 Å². The number of nitrogens with one attached hydrogen (secondary N) is 3. The van der Waals surface area contributed by atoms with E-state index in [0.717, 1.165) is 92.3 Å². The van der Waals surface area contributed by atoms with E-state index in [1.807, 2.05) is 54.7 Å². The molecule has 4 aromatic carbocycles. The van der Waals surface area contributed by atoms with E-state index in [1.54, 1.807) is 24.7 Å². The predicted molar refractivity (Wildman–Crippen MR) is 229 cm³/mol. The lowest BCUT2D eigenvalue weighted by atomic mass is 10.2. The number of fused-ring (bicyclic) bond motifs is 4. The maximum absolute atomic E-state index is 12.5. The van der Waals surface area contributed by atoms with Gasteiger partial charge < -0.3 is 25.4 Å². The van der Waals surface area contributed by atoms with Crippen molar-refractivity contribution in [2.24, 2.45) is 0 Å². The molecule has 13 nitrogen and oxygen atoms in total. The number of hydrogen-bond donors (Lipinski definition) is 3. The minimum absolute atomic E-state index is 0.141. The summed E-state index contributed by atoms with van der Waals surface area (Å²) in [6.45, 7) is 3.22. The Bertz CT molecular complexity index is 2960. The van der Waals surface area contributed by atoms with Gasteiger partial charge in [-0.05, 0) is 54.1 Å². The van der Waals surface area contributed by atoms with Crippen LogP contribution in [-0.4, -0.2) is 53.8 Å². The van der Waals surface area contributed by atoms with Crippen LogP contribution in [0.3, 0.4) is 0 Å². The normalized spacial score (nSPS) is 13.1. The van der Waals surface area contributed by atoms with Crippen LogP contribution in [0.2, 0.25) is 0 Å². The number of benzene rings is 4. The van der Waals surface area contributed by atoms with E-state index in [9.17, 15) is 31.1 Å². The SMILES string of the molecule is FC(F)(F)Oc1cccc(CN2Cc3ncnc(Nc4cnc5ccccc5c4)c3C2)c1.O=Cc1cccc(OC(F)(F)F)c1.c1ccc2ncc(Nc3ncnc4c3CNC4)cc2c1. The van der Waals surface area contributed by atoms with Crippen molar-refractivity contribution in [1.82, 2.24) is 40.1 Å². The van der Waals surface area contributed by atoms with Gasteiger partial charge in [0.15, 0.2) is 0 Å². The van der Waals surface area contributed by atoms with Crippen LogP contribution < -0.4 is 25.4 Å². The van der Waals surface area contributed by atoms with Gasteiger partial charge in [-0.15, -0.1) is 26.3 Å². The van der Waals surface area contributed by atoms with Crippen LogP contribution in [0, 0.1) is 0 Å². The summed E-state index contributed by atoms with van der Waals surface area (Å²) in [4.78, 5) is 38.6. The first kappa shape index (κ1) is 43.9. The van der Waals surface area contributed by atoms with Crippen LogP contribution in [0.4, 0.5) is 49.4 Å². The van der Waals surface area contributed by atoms with Crippen molar-refractivity contribution in [3.63, 3.8) is 0 Å². The van der Waals surface area contributed by atoms with Gasteiger partial charge in [0.1, 0.15) is 42.1 Å². The molecule has 0 atom stereocenters. The zero-order valence-corrected chi connectivity index (χ0v) is 33.9. The molecular formula is C46H36F6N10O3. The Morgan fingerprint density at radius 3 is 1.78 bits per heavy atom. The molecule has 2 aliphatic rings. The van der Waals surface area contributed by atoms with Gasteiger partial charge in [0.05, 0.1) is 46.2 Å². The maximum atomic E-state index is 12.5. The number of nitrogens with zero attached hydrogens (tertiary/aromatic N) is 7. The first-order valence-corrected chi connectivity index (χ1v) is 19.8. The van der Waals surface area contributed by atoms with Crippen molar-refractivity contribution in [2.75, 3.05) is 10.6 Å². The summed E-state index contributed by atoms with van der Waals surface area (Å²) in [5.74, 6) is 0.940. The van der Waals surface area contributed by atoms with Gasteiger partial charge in [0.25, 0.3) is 0 Å². The Morgan fingerprint density at radius 1 is 0.600 bits per heavy atom. The number of para-hydroxylation sites is 2. The molecule has 3 N–H and O–H groups in total. The van der Waals surface area contributed by atoms with Crippen LogP contribution in [-0.2, 0) is 32.7 Å². The minimum Gasteiger partial charge on any atom is -0.406 e. The molecule has 19 heteroatoms. The van der Waals surface area contributed by atoms with Crippen LogP contribution in [0.25, 0.3) is 21.8 Å². The average molecular weight is 891 g/mol. The van der Waals surface area contributed by atoms with Gasteiger partial charge >= 0.3 is 12.7 Å². The summed E-state index contributed by atoms with van der Waals surface area (Å²) in [7, 11) is 0.